The maximum Gasteiger partial charge on any atom is 0.0147 e. The van der Waals surface area contributed by atoms with E-state index in [9.17, 15) is 0 Å². The Bertz CT molecular complexity index is 707. The lowest BCUT2D eigenvalue weighted by Gasteiger charge is -2.28. The Morgan fingerprint density at radius 3 is 3.00 bits per heavy atom. The van der Waals surface area contributed by atoms with Crippen molar-refractivity contribution in [3.8, 4) is 0 Å². The summed E-state index contributed by atoms with van der Waals surface area (Å²) in [5.41, 5.74) is 11.5. The largest absolute Gasteiger partial charge is 0.330 e. The van der Waals surface area contributed by atoms with Crippen LogP contribution in [0.3, 0.4) is 0 Å². The zero-order valence-corrected chi connectivity index (χ0v) is 10.2. The lowest BCUT2D eigenvalue weighted by Crippen LogP contribution is -2.18. The summed E-state index contributed by atoms with van der Waals surface area (Å²) in [4.78, 5) is 0. The zero-order valence-electron chi connectivity index (χ0n) is 10.2. The van der Waals surface area contributed by atoms with E-state index in [1.165, 1.54) is 33.0 Å². The average molecular weight is 233 g/mol. The lowest BCUT2D eigenvalue weighted by atomic mass is 9.77. The van der Waals surface area contributed by atoms with Crippen LogP contribution >= 0.6 is 0 Å². The summed E-state index contributed by atoms with van der Waals surface area (Å²) < 4.78 is 0. The monoisotopic (exact) mass is 233 g/mol. The molecule has 2 aliphatic rings. The van der Waals surface area contributed by atoms with Crippen molar-refractivity contribution in [1.29, 1.82) is 0 Å². The molecule has 0 amide bonds. The molecule has 0 spiro atoms. The van der Waals surface area contributed by atoms with Crippen molar-refractivity contribution in [1.82, 2.24) is 0 Å². The average Bonchev–Trinajstić information content (AvgIpc) is 2.44. The fraction of sp³-hybridized carbons (Fsp3) is 0.176. The molecule has 1 heteroatoms. The van der Waals surface area contributed by atoms with Gasteiger partial charge in [0.2, 0.25) is 0 Å². The molecular formula is C17H15N. The molecule has 0 saturated heterocycles. The maximum absolute atomic E-state index is 5.90. The Labute approximate surface area is 107 Å². The van der Waals surface area contributed by atoms with Gasteiger partial charge in [-0.25, -0.2) is 0 Å². The van der Waals surface area contributed by atoms with Crippen molar-refractivity contribution >= 4 is 22.4 Å². The van der Waals surface area contributed by atoms with Gasteiger partial charge < -0.3 is 5.73 Å². The summed E-state index contributed by atoms with van der Waals surface area (Å²) in [5.74, 6) is 0.386. The highest BCUT2D eigenvalue weighted by molar-refractivity contribution is 6.03. The highest BCUT2D eigenvalue weighted by Gasteiger charge is 2.24. The van der Waals surface area contributed by atoms with Gasteiger partial charge in [-0.05, 0) is 39.5 Å². The predicted molar refractivity (Wildman–Crippen MR) is 77.2 cm³/mol. The number of rotatable bonds is 1. The van der Waals surface area contributed by atoms with Gasteiger partial charge in [0.15, 0.2) is 0 Å². The molecular weight excluding hydrogens is 218 g/mol. The van der Waals surface area contributed by atoms with Gasteiger partial charge in [-0.3, -0.25) is 0 Å². The zero-order chi connectivity index (χ0) is 12.1. The van der Waals surface area contributed by atoms with Crippen molar-refractivity contribution in [2.24, 2.45) is 11.7 Å². The lowest BCUT2D eigenvalue weighted by molar-refractivity contribution is 0.834. The first-order valence-corrected chi connectivity index (χ1v) is 6.52. The van der Waals surface area contributed by atoms with Crippen LogP contribution in [-0.2, 0) is 6.42 Å². The van der Waals surface area contributed by atoms with Gasteiger partial charge in [0, 0.05) is 12.5 Å². The van der Waals surface area contributed by atoms with Gasteiger partial charge in [-0.15, -0.1) is 0 Å². The molecule has 0 aromatic heterocycles. The summed E-state index contributed by atoms with van der Waals surface area (Å²) in [6, 6.07) is 11.1. The summed E-state index contributed by atoms with van der Waals surface area (Å²) in [5, 5.41) is 2.79. The van der Waals surface area contributed by atoms with Crippen LogP contribution in [0.4, 0.5) is 0 Å². The van der Waals surface area contributed by atoms with E-state index >= 15 is 0 Å². The van der Waals surface area contributed by atoms with Gasteiger partial charge >= 0.3 is 0 Å². The molecule has 0 bridgehead atoms. The molecule has 0 fully saturated rings. The van der Waals surface area contributed by atoms with Crippen LogP contribution in [0.25, 0.3) is 22.4 Å². The smallest absolute Gasteiger partial charge is 0.0147 e. The fourth-order valence-electron chi connectivity index (χ4n) is 3.28. The molecule has 0 radical (unpaired) electrons. The highest BCUT2D eigenvalue weighted by atomic mass is 14.5. The van der Waals surface area contributed by atoms with Crippen LogP contribution in [0.2, 0.25) is 0 Å². The first kappa shape index (κ1) is 10.1. The number of allylic oxidation sites excluding steroid dienone is 1. The number of hydrogen-bond acceptors (Lipinski definition) is 1. The molecule has 0 heterocycles. The van der Waals surface area contributed by atoms with E-state index in [0.717, 1.165) is 6.42 Å². The van der Waals surface area contributed by atoms with Crippen LogP contribution in [0.1, 0.15) is 16.7 Å². The van der Waals surface area contributed by atoms with Crippen molar-refractivity contribution < 1.29 is 0 Å². The SMILES string of the molecule is NCC1C=Cc2ccc3cccc4c3c2C1=CC4. The molecule has 1 unspecified atom stereocenters. The van der Waals surface area contributed by atoms with Crippen LogP contribution < -0.4 is 5.73 Å². The third-order valence-corrected chi connectivity index (χ3v) is 4.16. The van der Waals surface area contributed by atoms with E-state index in [2.05, 4.69) is 48.6 Å². The number of hydrogen-bond donors (Lipinski definition) is 1. The summed E-state index contributed by atoms with van der Waals surface area (Å²) in [6.07, 6.45) is 7.87. The molecule has 1 nitrogen and oxygen atoms in total. The van der Waals surface area contributed by atoms with Crippen molar-refractivity contribution in [3.63, 3.8) is 0 Å². The standard InChI is InChI=1S/C17H15N/c18-10-14-7-6-13-5-4-11-2-1-3-12-8-9-15(14)17(13)16(11)12/h1-7,9,14H,8,10,18H2. The van der Waals surface area contributed by atoms with Gasteiger partial charge in [0.05, 0.1) is 0 Å². The second-order valence-electron chi connectivity index (χ2n) is 5.11. The van der Waals surface area contributed by atoms with Gasteiger partial charge in [0.1, 0.15) is 0 Å². The summed E-state index contributed by atoms with van der Waals surface area (Å²) in [6.45, 7) is 0.695. The molecule has 1 atom stereocenters. The van der Waals surface area contributed by atoms with Gasteiger partial charge in [-0.1, -0.05) is 48.6 Å². The second kappa shape index (κ2) is 3.56. The first-order valence-electron chi connectivity index (χ1n) is 6.52. The molecule has 88 valence electrons. The Hall–Kier alpha value is -1.86. The Kier molecular flexibility index (Phi) is 2.00. The van der Waals surface area contributed by atoms with E-state index < -0.39 is 0 Å². The normalized spacial score (nSPS) is 20.1. The Morgan fingerprint density at radius 1 is 1.17 bits per heavy atom. The second-order valence-corrected chi connectivity index (χ2v) is 5.11. The highest BCUT2D eigenvalue weighted by Crippen LogP contribution is 2.42. The molecule has 2 aromatic carbocycles. The van der Waals surface area contributed by atoms with Crippen molar-refractivity contribution in [2.75, 3.05) is 6.54 Å². The third-order valence-electron chi connectivity index (χ3n) is 4.16. The number of benzene rings is 2. The van der Waals surface area contributed by atoms with Crippen LogP contribution in [0.15, 0.2) is 42.5 Å². The fourth-order valence-corrected chi connectivity index (χ4v) is 3.28. The van der Waals surface area contributed by atoms with E-state index in [1.54, 1.807) is 0 Å². The van der Waals surface area contributed by atoms with Gasteiger partial charge in [0.25, 0.3) is 0 Å². The molecule has 2 N–H and O–H groups in total. The minimum Gasteiger partial charge on any atom is -0.330 e. The van der Waals surface area contributed by atoms with E-state index in [-0.39, 0.29) is 0 Å². The van der Waals surface area contributed by atoms with E-state index in [1.807, 2.05) is 0 Å². The van der Waals surface area contributed by atoms with E-state index in [4.69, 9.17) is 5.73 Å². The van der Waals surface area contributed by atoms with Crippen molar-refractivity contribution in [2.45, 2.75) is 6.42 Å². The molecule has 2 aromatic rings. The molecule has 2 aliphatic carbocycles. The summed E-state index contributed by atoms with van der Waals surface area (Å²) in [7, 11) is 0. The predicted octanol–water partition coefficient (Wildman–Crippen LogP) is 3.38. The Balaban J connectivity index is 2.14. The first-order chi connectivity index (χ1) is 8.88. The third kappa shape index (κ3) is 1.20. The minimum atomic E-state index is 0.386. The number of nitrogens with two attached hydrogens (primary N) is 1. The van der Waals surface area contributed by atoms with E-state index in [0.29, 0.717) is 12.5 Å². The van der Waals surface area contributed by atoms with Crippen LogP contribution in [0.5, 0.6) is 0 Å². The molecule has 18 heavy (non-hydrogen) atoms. The Morgan fingerprint density at radius 2 is 2.11 bits per heavy atom. The van der Waals surface area contributed by atoms with Crippen LogP contribution in [0, 0.1) is 5.92 Å². The quantitative estimate of drug-likeness (QED) is 0.802. The van der Waals surface area contributed by atoms with Crippen molar-refractivity contribution in [3.05, 3.63) is 59.2 Å². The molecule has 4 rings (SSSR count). The topological polar surface area (TPSA) is 26.0 Å². The van der Waals surface area contributed by atoms with Crippen LogP contribution in [-0.4, -0.2) is 6.54 Å². The molecule has 0 saturated carbocycles. The molecule has 0 aliphatic heterocycles. The maximum atomic E-state index is 5.90. The van der Waals surface area contributed by atoms with Gasteiger partial charge in [-0.2, -0.15) is 0 Å². The summed E-state index contributed by atoms with van der Waals surface area (Å²) >= 11 is 0. The minimum absolute atomic E-state index is 0.386.